The first-order valence-corrected chi connectivity index (χ1v) is 8.31. The summed E-state index contributed by atoms with van der Waals surface area (Å²) >= 11 is 1.56. The van der Waals surface area contributed by atoms with Crippen molar-refractivity contribution in [3.8, 4) is 0 Å². The summed E-state index contributed by atoms with van der Waals surface area (Å²) in [4.78, 5) is 14.7. The van der Waals surface area contributed by atoms with E-state index in [-0.39, 0.29) is 11.3 Å². The first-order valence-electron chi connectivity index (χ1n) is 7.49. The van der Waals surface area contributed by atoms with Gasteiger partial charge in [0, 0.05) is 4.88 Å². The lowest BCUT2D eigenvalue weighted by molar-refractivity contribution is 0.103. The predicted octanol–water partition coefficient (Wildman–Crippen LogP) is 5.00. The van der Waals surface area contributed by atoms with E-state index in [9.17, 15) is 9.18 Å². The second-order valence-electron chi connectivity index (χ2n) is 5.89. The molecule has 0 fully saturated rings. The average molecular weight is 302 g/mol. The minimum atomic E-state index is -0.402. The molecule has 1 heterocycles. The summed E-state index contributed by atoms with van der Waals surface area (Å²) in [6.45, 7) is 3.65. The molecule has 0 radical (unpaired) electrons. The van der Waals surface area contributed by atoms with E-state index in [1.165, 1.54) is 35.8 Å². The maximum Gasteiger partial charge on any atom is 0.206 e. The number of ketones is 1. The highest BCUT2D eigenvalue weighted by Gasteiger charge is 2.21. The fraction of sp³-hybridized carbons (Fsp3) is 0.389. The molecule has 1 aromatic heterocycles. The highest BCUT2D eigenvalue weighted by Crippen LogP contribution is 2.31. The number of carbonyl (C=O) groups excluding carboxylic acids is 1. The summed E-state index contributed by atoms with van der Waals surface area (Å²) in [6, 6.07) is 5.31. The monoisotopic (exact) mass is 302 g/mol. The van der Waals surface area contributed by atoms with Gasteiger partial charge >= 0.3 is 0 Å². The first kappa shape index (κ1) is 14.5. The average Bonchev–Trinajstić information content (AvgIpc) is 2.69. The van der Waals surface area contributed by atoms with Crippen molar-refractivity contribution in [2.75, 3.05) is 0 Å². The van der Waals surface area contributed by atoms with E-state index in [0.717, 1.165) is 24.0 Å². The van der Waals surface area contributed by atoms with Crippen LogP contribution in [0.5, 0.6) is 0 Å². The SMILES string of the molecule is Cc1cc(C)c(C(=O)c2cc3c(s2)CCCCC3)c(F)c1. The second kappa shape index (κ2) is 5.72. The van der Waals surface area contributed by atoms with Crippen molar-refractivity contribution < 1.29 is 9.18 Å². The fourth-order valence-corrected chi connectivity index (χ4v) is 4.31. The summed E-state index contributed by atoms with van der Waals surface area (Å²) in [7, 11) is 0. The van der Waals surface area contributed by atoms with Crippen molar-refractivity contribution in [2.24, 2.45) is 0 Å². The smallest absolute Gasteiger partial charge is 0.206 e. The minimum absolute atomic E-state index is 0.164. The Balaban J connectivity index is 2.00. The molecule has 0 unspecified atom stereocenters. The van der Waals surface area contributed by atoms with E-state index in [0.29, 0.717) is 4.88 Å². The second-order valence-corrected chi connectivity index (χ2v) is 7.02. The number of fused-ring (bicyclic) bond motifs is 1. The predicted molar refractivity (Wildman–Crippen MR) is 84.9 cm³/mol. The van der Waals surface area contributed by atoms with Crippen LogP contribution in [0, 0.1) is 19.7 Å². The van der Waals surface area contributed by atoms with Crippen molar-refractivity contribution in [3.05, 3.63) is 56.0 Å². The lowest BCUT2D eigenvalue weighted by Crippen LogP contribution is -2.05. The third-order valence-electron chi connectivity index (χ3n) is 4.13. The van der Waals surface area contributed by atoms with Gasteiger partial charge in [0.2, 0.25) is 5.78 Å². The molecule has 3 rings (SSSR count). The molecule has 0 aliphatic heterocycles. The highest BCUT2D eigenvalue weighted by atomic mass is 32.1. The molecule has 0 spiro atoms. The molecule has 0 saturated carbocycles. The highest BCUT2D eigenvalue weighted by molar-refractivity contribution is 7.14. The Morgan fingerprint density at radius 3 is 2.62 bits per heavy atom. The first-order chi connectivity index (χ1) is 10.1. The molecule has 2 aromatic rings. The molecule has 1 aromatic carbocycles. The molecule has 0 amide bonds. The van der Waals surface area contributed by atoms with Gasteiger partial charge in [0.1, 0.15) is 5.82 Å². The van der Waals surface area contributed by atoms with Gasteiger partial charge in [-0.3, -0.25) is 4.79 Å². The molecule has 1 aliphatic carbocycles. The lowest BCUT2D eigenvalue weighted by atomic mass is 10.00. The Kier molecular flexibility index (Phi) is 3.94. The van der Waals surface area contributed by atoms with Crippen molar-refractivity contribution in [2.45, 2.75) is 46.0 Å². The van der Waals surface area contributed by atoms with Crippen molar-refractivity contribution in [3.63, 3.8) is 0 Å². The molecule has 0 atom stereocenters. The Morgan fingerprint density at radius 2 is 1.86 bits per heavy atom. The van der Waals surface area contributed by atoms with E-state index >= 15 is 0 Å². The molecule has 0 N–H and O–H groups in total. The van der Waals surface area contributed by atoms with Gasteiger partial charge in [-0.25, -0.2) is 4.39 Å². The molecule has 0 saturated heterocycles. The van der Waals surface area contributed by atoms with Crippen LogP contribution >= 0.6 is 11.3 Å². The van der Waals surface area contributed by atoms with Crippen LogP contribution in [0.15, 0.2) is 18.2 Å². The fourth-order valence-electron chi connectivity index (χ4n) is 3.11. The zero-order valence-electron chi connectivity index (χ0n) is 12.5. The number of halogens is 1. The molecule has 21 heavy (non-hydrogen) atoms. The lowest BCUT2D eigenvalue weighted by Gasteiger charge is -2.06. The Morgan fingerprint density at radius 1 is 1.10 bits per heavy atom. The molecule has 1 aliphatic rings. The van der Waals surface area contributed by atoms with Crippen LogP contribution in [0.3, 0.4) is 0 Å². The van der Waals surface area contributed by atoms with Gasteiger partial charge in [-0.2, -0.15) is 0 Å². The van der Waals surface area contributed by atoms with Crippen LogP contribution in [0.4, 0.5) is 4.39 Å². The van der Waals surface area contributed by atoms with Crippen LogP contribution in [0.25, 0.3) is 0 Å². The Labute approximate surface area is 128 Å². The van der Waals surface area contributed by atoms with Crippen LogP contribution in [0.1, 0.15) is 56.1 Å². The normalized spacial score (nSPS) is 14.6. The van der Waals surface area contributed by atoms with Crippen LogP contribution in [-0.4, -0.2) is 5.78 Å². The quantitative estimate of drug-likeness (QED) is 0.563. The summed E-state index contributed by atoms with van der Waals surface area (Å²) in [5.41, 5.74) is 3.10. The number of carbonyl (C=O) groups is 1. The van der Waals surface area contributed by atoms with Crippen molar-refractivity contribution >= 4 is 17.1 Å². The van der Waals surface area contributed by atoms with Crippen molar-refractivity contribution in [1.29, 1.82) is 0 Å². The van der Waals surface area contributed by atoms with E-state index in [2.05, 4.69) is 0 Å². The van der Waals surface area contributed by atoms with Gasteiger partial charge < -0.3 is 0 Å². The zero-order chi connectivity index (χ0) is 15.0. The van der Waals surface area contributed by atoms with Crippen molar-refractivity contribution in [1.82, 2.24) is 0 Å². The number of hydrogen-bond donors (Lipinski definition) is 0. The Bertz CT molecular complexity index is 653. The molecular weight excluding hydrogens is 283 g/mol. The molecular formula is C18H19FOS. The minimum Gasteiger partial charge on any atom is -0.288 e. The number of benzene rings is 1. The third kappa shape index (κ3) is 2.80. The summed E-state index contributed by atoms with van der Waals surface area (Å²) in [6.07, 6.45) is 5.75. The van der Waals surface area contributed by atoms with Gasteiger partial charge in [0.05, 0.1) is 10.4 Å². The summed E-state index contributed by atoms with van der Waals surface area (Å²) in [5.74, 6) is -0.566. The summed E-state index contributed by atoms with van der Waals surface area (Å²) in [5, 5.41) is 0. The maximum atomic E-state index is 14.2. The number of aryl methyl sites for hydroxylation is 4. The van der Waals surface area contributed by atoms with Gasteiger partial charge in [-0.05, 0) is 68.4 Å². The van der Waals surface area contributed by atoms with E-state index < -0.39 is 5.82 Å². The van der Waals surface area contributed by atoms with Gasteiger partial charge in [0.15, 0.2) is 0 Å². The standard InChI is InChI=1S/C18H19FOS/c1-11-8-12(2)17(14(19)9-11)18(20)16-10-13-6-4-3-5-7-15(13)21-16/h8-10H,3-7H2,1-2H3. The number of thiophene rings is 1. The summed E-state index contributed by atoms with van der Waals surface area (Å²) < 4.78 is 14.2. The topological polar surface area (TPSA) is 17.1 Å². The molecule has 110 valence electrons. The van der Waals surface area contributed by atoms with Crippen LogP contribution in [-0.2, 0) is 12.8 Å². The number of rotatable bonds is 2. The molecule has 1 nitrogen and oxygen atoms in total. The number of hydrogen-bond acceptors (Lipinski definition) is 2. The third-order valence-corrected chi connectivity index (χ3v) is 5.37. The van der Waals surface area contributed by atoms with E-state index in [1.54, 1.807) is 11.3 Å². The van der Waals surface area contributed by atoms with Gasteiger partial charge in [0.25, 0.3) is 0 Å². The molecule has 3 heteroatoms. The molecule has 0 bridgehead atoms. The van der Waals surface area contributed by atoms with Gasteiger partial charge in [-0.15, -0.1) is 11.3 Å². The maximum absolute atomic E-state index is 14.2. The van der Waals surface area contributed by atoms with Crippen LogP contribution < -0.4 is 0 Å². The zero-order valence-corrected chi connectivity index (χ0v) is 13.3. The van der Waals surface area contributed by atoms with E-state index in [1.807, 2.05) is 26.0 Å². The van der Waals surface area contributed by atoms with Gasteiger partial charge in [-0.1, -0.05) is 12.5 Å². The largest absolute Gasteiger partial charge is 0.288 e. The Hall–Kier alpha value is -1.48. The van der Waals surface area contributed by atoms with E-state index in [4.69, 9.17) is 0 Å². The van der Waals surface area contributed by atoms with Crippen LogP contribution in [0.2, 0.25) is 0 Å².